The fraction of sp³-hybridized carbons (Fsp3) is 0.182. The lowest BCUT2D eigenvalue weighted by Crippen LogP contribution is -2.05. The maximum Gasteiger partial charge on any atom is 0.416 e. The molecule has 0 aliphatic heterocycles. The maximum absolute atomic E-state index is 12.3. The molecule has 1 aromatic carbocycles. The Bertz CT molecular complexity index is 433. The van der Waals surface area contributed by atoms with E-state index in [2.05, 4.69) is 0 Å². The Balaban J connectivity index is 3.05. The molecule has 0 radical (unpaired) electrons. The second-order valence-corrected chi connectivity index (χ2v) is 3.24. The van der Waals surface area contributed by atoms with Gasteiger partial charge in [0.25, 0.3) is 0 Å². The number of aliphatic carboxylic acids is 1. The van der Waals surface area contributed by atoms with E-state index >= 15 is 0 Å². The summed E-state index contributed by atoms with van der Waals surface area (Å²) in [5.74, 6) is -1.14. The summed E-state index contributed by atoms with van der Waals surface area (Å²) in [6.07, 6.45) is -2.23. The summed E-state index contributed by atoms with van der Waals surface area (Å²) in [5.41, 5.74) is 0.0974. The van der Waals surface area contributed by atoms with Gasteiger partial charge in [0.05, 0.1) is 5.56 Å². The number of carbonyl (C=O) groups is 1. The van der Waals surface area contributed by atoms with Crippen molar-refractivity contribution in [1.82, 2.24) is 0 Å². The van der Waals surface area contributed by atoms with Crippen LogP contribution in [0.3, 0.4) is 0 Å². The molecule has 0 fully saturated rings. The van der Waals surface area contributed by atoms with Gasteiger partial charge in [-0.3, -0.25) is 0 Å². The molecule has 0 aliphatic carbocycles. The van der Waals surface area contributed by atoms with Crippen molar-refractivity contribution in [3.63, 3.8) is 0 Å². The molecule has 2 nitrogen and oxygen atoms in total. The van der Waals surface area contributed by atoms with Crippen LogP contribution in [-0.4, -0.2) is 11.1 Å². The monoisotopic (exact) mass is 230 g/mol. The highest BCUT2D eigenvalue weighted by molar-refractivity contribution is 5.85. The van der Waals surface area contributed by atoms with Gasteiger partial charge >= 0.3 is 12.1 Å². The van der Waals surface area contributed by atoms with Crippen molar-refractivity contribution in [1.29, 1.82) is 0 Å². The van der Waals surface area contributed by atoms with E-state index in [1.165, 1.54) is 19.1 Å². The first-order chi connectivity index (χ1) is 7.30. The van der Waals surface area contributed by atoms with E-state index in [9.17, 15) is 18.0 Å². The third-order valence-corrected chi connectivity index (χ3v) is 2.00. The molecule has 86 valence electrons. The number of carboxylic acid groups (broad SMARTS) is 1. The fourth-order valence-corrected chi connectivity index (χ4v) is 1.20. The van der Waals surface area contributed by atoms with Crippen LogP contribution in [0.15, 0.2) is 24.3 Å². The zero-order valence-electron chi connectivity index (χ0n) is 8.38. The first kappa shape index (κ1) is 12.3. The number of rotatable bonds is 2. The van der Waals surface area contributed by atoms with E-state index in [1.807, 2.05) is 0 Å². The molecular weight excluding hydrogens is 221 g/mol. The van der Waals surface area contributed by atoms with Gasteiger partial charge in [-0.2, -0.15) is 13.2 Å². The van der Waals surface area contributed by atoms with Crippen LogP contribution in [0.1, 0.15) is 16.7 Å². The molecule has 5 heteroatoms. The predicted octanol–water partition coefficient (Wildman–Crippen LogP) is 3.11. The van der Waals surface area contributed by atoms with Crippen LogP contribution in [0.4, 0.5) is 13.2 Å². The van der Waals surface area contributed by atoms with Crippen molar-refractivity contribution >= 4 is 12.0 Å². The summed E-state index contributed by atoms with van der Waals surface area (Å²) in [7, 11) is 0. The second kappa shape index (κ2) is 4.38. The number of hydrogen-bond acceptors (Lipinski definition) is 1. The highest BCUT2D eigenvalue weighted by Crippen LogP contribution is 2.30. The quantitative estimate of drug-likeness (QED) is 0.792. The smallest absolute Gasteiger partial charge is 0.416 e. The predicted molar refractivity (Wildman–Crippen MR) is 52.9 cm³/mol. The fourth-order valence-electron chi connectivity index (χ4n) is 1.20. The van der Waals surface area contributed by atoms with E-state index < -0.39 is 17.7 Å². The van der Waals surface area contributed by atoms with E-state index in [-0.39, 0.29) is 0 Å². The van der Waals surface area contributed by atoms with Crippen LogP contribution >= 0.6 is 0 Å². The minimum Gasteiger partial charge on any atom is -0.478 e. The largest absolute Gasteiger partial charge is 0.478 e. The number of alkyl halides is 3. The highest BCUT2D eigenvalue weighted by Gasteiger charge is 2.30. The number of halogens is 3. The van der Waals surface area contributed by atoms with Gasteiger partial charge in [-0.25, -0.2) is 4.79 Å². The van der Waals surface area contributed by atoms with Crippen LogP contribution in [0.2, 0.25) is 0 Å². The molecule has 0 heterocycles. The van der Waals surface area contributed by atoms with Crippen molar-refractivity contribution in [2.45, 2.75) is 13.1 Å². The lowest BCUT2D eigenvalue weighted by Gasteiger charge is -2.08. The molecular formula is C11H9F3O2. The molecule has 16 heavy (non-hydrogen) atoms. The van der Waals surface area contributed by atoms with Crippen LogP contribution < -0.4 is 0 Å². The van der Waals surface area contributed by atoms with Crippen molar-refractivity contribution < 1.29 is 23.1 Å². The van der Waals surface area contributed by atoms with E-state index in [1.54, 1.807) is 0 Å². The number of benzene rings is 1. The summed E-state index contributed by atoms with van der Waals surface area (Å²) in [5, 5.41) is 8.38. The molecule has 0 amide bonds. The number of hydrogen-bond donors (Lipinski definition) is 1. The Hall–Kier alpha value is -1.78. The Morgan fingerprint density at radius 2 is 2.00 bits per heavy atom. The van der Waals surface area contributed by atoms with Crippen molar-refractivity contribution in [2.24, 2.45) is 0 Å². The zero-order valence-corrected chi connectivity index (χ0v) is 8.38. The van der Waals surface area contributed by atoms with Gasteiger partial charge in [-0.05, 0) is 36.3 Å². The van der Waals surface area contributed by atoms with Crippen molar-refractivity contribution in [3.8, 4) is 0 Å². The summed E-state index contributed by atoms with van der Waals surface area (Å²) >= 11 is 0. The van der Waals surface area contributed by atoms with E-state index in [4.69, 9.17) is 5.11 Å². The summed E-state index contributed by atoms with van der Waals surface area (Å²) in [6, 6.07) is 3.16. The second-order valence-electron chi connectivity index (χ2n) is 3.24. The van der Waals surface area contributed by atoms with Crippen LogP contribution in [0.25, 0.3) is 6.08 Å². The minimum atomic E-state index is -4.38. The molecule has 1 N–H and O–H groups in total. The first-order valence-electron chi connectivity index (χ1n) is 4.39. The van der Waals surface area contributed by atoms with Crippen LogP contribution in [0, 0.1) is 6.92 Å². The third kappa shape index (κ3) is 3.12. The number of carboxylic acids is 1. The average molecular weight is 230 g/mol. The molecule has 0 atom stereocenters. The summed E-state index contributed by atoms with van der Waals surface area (Å²) in [4.78, 5) is 10.2. The third-order valence-electron chi connectivity index (χ3n) is 2.00. The summed E-state index contributed by atoms with van der Waals surface area (Å²) < 4.78 is 36.9. The van der Waals surface area contributed by atoms with Gasteiger partial charge in [0.2, 0.25) is 0 Å². The van der Waals surface area contributed by atoms with Gasteiger partial charge in [0, 0.05) is 6.08 Å². The molecule has 0 bridgehead atoms. The molecule has 0 unspecified atom stereocenters. The SMILES string of the molecule is Cc1cc(C(F)(F)F)ccc1/C=C/C(=O)O. The Kier molecular flexibility index (Phi) is 3.37. The van der Waals surface area contributed by atoms with Gasteiger partial charge in [0.15, 0.2) is 0 Å². The van der Waals surface area contributed by atoms with Gasteiger partial charge in [-0.1, -0.05) is 6.07 Å². The molecule has 0 saturated carbocycles. The van der Waals surface area contributed by atoms with E-state index in [0.717, 1.165) is 18.2 Å². The molecule has 0 saturated heterocycles. The Morgan fingerprint density at radius 3 is 2.44 bits per heavy atom. The molecule has 0 spiro atoms. The Labute approximate surface area is 90.0 Å². The molecule has 1 rings (SSSR count). The molecule has 1 aromatic rings. The van der Waals surface area contributed by atoms with E-state index in [0.29, 0.717) is 11.1 Å². The highest BCUT2D eigenvalue weighted by atomic mass is 19.4. The average Bonchev–Trinajstić information content (AvgIpc) is 2.14. The van der Waals surface area contributed by atoms with Crippen LogP contribution in [0.5, 0.6) is 0 Å². The maximum atomic E-state index is 12.3. The number of aryl methyl sites for hydroxylation is 1. The standard InChI is InChI=1S/C11H9F3O2/c1-7-6-9(11(12,13)14)4-2-8(7)3-5-10(15)16/h2-6H,1H3,(H,15,16)/b5-3+. The minimum absolute atomic E-state index is 0.382. The molecule has 0 aromatic heterocycles. The first-order valence-corrected chi connectivity index (χ1v) is 4.39. The van der Waals surface area contributed by atoms with Gasteiger partial charge in [-0.15, -0.1) is 0 Å². The Morgan fingerprint density at radius 1 is 1.38 bits per heavy atom. The van der Waals surface area contributed by atoms with Crippen molar-refractivity contribution in [3.05, 3.63) is 41.0 Å². The van der Waals surface area contributed by atoms with Gasteiger partial charge < -0.3 is 5.11 Å². The topological polar surface area (TPSA) is 37.3 Å². The lowest BCUT2D eigenvalue weighted by molar-refractivity contribution is -0.137. The summed E-state index contributed by atoms with van der Waals surface area (Å²) in [6.45, 7) is 1.50. The lowest BCUT2D eigenvalue weighted by atomic mass is 10.0. The molecule has 0 aliphatic rings. The van der Waals surface area contributed by atoms with Crippen LogP contribution in [-0.2, 0) is 11.0 Å². The van der Waals surface area contributed by atoms with Crippen molar-refractivity contribution in [2.75, 3.05) is 0 Å². The zero-order chi connectivity index (χ0) is 12.3. The normalized spacial score (nSPS) is 12.0. The van der Waals surface area contributed by atoms with Gasteiger partial charge in [0.1, 0.15) is 0 Å².